The molecule has 1 aliphatic rings. The molecule has 2 heterocycles. The van der Waals surface area contributed by atoms with E-state index in [2.05, 4.69) is 20.6 Å². The van der Waals surface area contributed by atoms with Gasteiger partial charge in [0.2, 0.25) is 5.96 Å². The summed E-state index contributed by atoms with van der Waals surface area (Å²) in [6, 6.07) is 5.72. The largest absolute Gasteiger partial charge is 0.495 e. The van der Waals surface area contributed by atoms with Crippen molar-refractivity contribution in [1.29, 1.82) is 0 Å². The Morgan fingerprint density at radius 3 is 2.85 bits per heavy atom. The predicted octanol–water partition coefficient (Wildman–Crippen LogP) is 1.64. The molecule has 8 heteroatoms. The zero-order valence-corrected chi connectivity index (χ0v) is 15.7. The lowest BCUT2D eigenvalue weighted by molar-refractivity contribution is -0.115. The van der Waals surface area contributed by atoms with Gasteiger partial charge in [-0.1, -0.05) is 6.07 Å². The van der Waals surface area contributed by atoms with Gasteiger partial charge in [0.15, 0.2) is 0 Å². The molecule has 27 heavy (non-hydrogen) atoms. The fraction of sp³-hybridized carbons (Fsp3) is 0.316. The molecule has 0 bridgehead atoms. The number of rotatable bonds is 7. The van der Waals surface area contributed by atoms with Crippen molar-refractivity contribution in [2.24, 2.45) is 4.99 Å². The number of aliphatic imine (C=N–C) groups is 1. The van der Waals surface area contributed by atoms with E-state index >= 15 is 0 Å². The molecule has 0 aliphatic carbocycles. The molecule has 3 rings (SSSR count). The van der Waals surface area contributed by atoms with E-state index < -0.39 is 0 Å². The van der Waals surface area contributed by atoms with Crippen LogP contribution in [0, 0.1) is 6.92 Å². The number of amides is 1. The molecule has 0 spiro atoms. The molecular formula is C19H23N5O3. The number of methoxy groups -OCH3 is 2. The summed E-state index contributed by atoms with van der Waals surface area (Å²) >= 11 is 0. The highest BCUT2D eigenvalue weighted by atomic mass is 16.5. The lowest BCUT2D eigenvalue weighted by Gasteiger charge is -2.10. The number of guanidine groups is 1. The Labute approximate surface area is 157 Å². The summed E-state index contributed by atoms with van der Waals surface area (Å²) < 4.78 is 12.4. The van der Waals surface area contributed by atoms with Gasteiger partial charge in [-0.05, 0) is 37.1 Å². The topological polar surface area (TPSA) is 89.8 Å². The van der Waals surface area contributed by atoms with E-state index in [9.17, 15) is 4.79 Å². The van der Waals surface area contributed by atoms with Crippen molar-refractivity contribution in [2.75, 3.05) is 27.4 Å². The molecule has 1 aliphatic heterocycles. The average molecular weight is 369 g/mol. The fourth-order valence-corrected chi connectivity index (χ4v) is 2.69. The molecular weight excluding hydrogens is 346 g/mol. The van der Waals surface area contributed by atoms with Crippen molar-refractivity contribution < 1.29 is 14.3 Å². The first-order valence-corrected chi connectivity index (χ1v) is 8.63. The zero-order chi connectivity index (χ0) is 19.2. The Morgan fingerprint density at radius 2 is 2.15 bits per heavy atom. The van der Waals surface area contributed by atoms with Crippen molar-refractivity contribution in [3.63, 3.8) is 0 Å². The summed E-state index contributed by atoms with van der Waals surface area (Å²) in [7, 11) is 3.27. The number of aromatic nitrogens is 2. The normalized spacial score (nSPS) is 16.6. The summed E-state index contributed by atoms with van der Waals surface area (Å²) in [5.74, 6) is 0.933. The number of ether oxygens (including phenoxy) is 2. The second-order valence-corrected chi connectivity index (χ2v) is 6.07. The van der Waals surface area contributed by atoms with Crippen LogP contribution in [-0.2, 0) is 9.53 Å². The molecule has 0 saturated carbocycles. The van der Waals surface area contributed by atoms with Crippen LogP contribution in [-0.4, -0.2) is 48.8 Å². The third-order valence-corrected chi connectivity index (χ3v) is 4.01. The summed E-state index contributed by atoms with van der Waals surface area (Å²) in [6.07, 6.45) is 6.22. The van der Waals surface area contributed by atoms with Gasteiger partial charge in [-0.15, -0.1) is 0 Å². The molecule has 1 aromatic heterocycles. The van der Waals surface area contributed by atoms with Crippen molar-refractivity contribution >= 4 is 17.9 Å². The van der Waals surface area contributed by atoms with Crippen LogP contribution in [0.1, 0.15) is 17.7 Å². The Balaban J connectivity index is 1.77. The maximum atomic E-state index is 12.1. The summed E-state index contributed by atoms with van der Waals surface area (Å²) in [4.78, 5) is 20.7. The van der Waals surface area contributed by atoms with E-state index in [0.29, 0.717) is 30.6 Å². The number of benzene rings is 1. The number of nitrogens with zero attached hydrogens (tertiary/aromatic N) is 3. The van der Waals surface area contributed by atoms with Crippen LogP contribution in [0.4, 0.5) is 0 Å². The maximum absolute atomic E-state index is 12.1. The molecule has 8 nitrogen and oxygen atoms in total. The van der Waals surface area contributed by atoms with Gasteiger partial charge < -0.3 is 19.4 Å². The lowest BCUT2D eigenvalue weighted by Crippen LogP contribution is -2.25. The average Bonchev–Trinajstić information content (AvgIpc) is 3.24. The van der Waals surface area contributed by atoms with E-state index in [1.807, 2.05) is 35.9 Å². The quantitative estimate of drug-likeness (QED) is 0.572. The van der Waals surface area contributed by atoms with Gasteiger partial charge in [0.1, 0.15) is 11.4 Å². The van der Waals surface area contributed by atoms with Crippen LogP contribution in [0.3, 0.4) is 0 Å². The minimum atomic E-state index is -0.214. The Bertz CT molecular complexity index is 885. The van der Waals surface area contributed by atoms with Crippen molar-refractivity contribution in [2.45, 2.75) is 13.3 Å². The zero-order valence-electron chi connectivity index (χ0n) is 15.7. The van der Waals surface area contributed by atoms with Gasteiger partial charge in [0.25, 0.3) is 5.91 Å². The molecule has 0 atom stereocenters. The van der Waals surface area contributed by atoms with Crippen LogP contribution in [0.25, 0.3) is 11.8 Å². The van der Waals surface area contributed by atoms with Crippen LogP contribution in [0.2, 0.25) is 0 Å². The SMILES string of the molecule is COCCCN=C1NC(=O)/C(=C/c2ccc(-n3cnc(C)c3)c(OC)c2)N1. The highest BCUT2D eigenvalue weighted by Gasteiger charge is 2.21. The van der Waals surface area contributed by atoms with Gasteiger partial charge in [-0.25, -0.2) is 4.98 Å². The highest BCUT2D eigenvalue weighted by molar-refractivity contribution is 6.15. The lowest BCUT2D eigenvalue weighted by atomic mass is 10.1. The number of aryl methyl sites for hydroxylation is 1. The smallest absolute Gasteiger partial charge is 0.274 e. The van der Waals surface area contributed by atoms with Crippen LogP contribution < -0.4 is 15.4 Å². The number of carbonyl (C=O) groups excluding carboxylic acids is 1. The molecule has 0 radical (unpaired) electrons. The molecule has 142 valence electrons. The molecule has 2 aromatic rings. The molecule has 1 aromatic carbocycles. The Kier molecular flexibility index (Phi) is 5.87. The molecule has 1 fully saturated rings. The standard InChI is InChI=1S/C19H23N5O3/c1-13-11-24(12-21-13)16-6-5-14(10-17(16)27-3)9-15-18(25)23-19(22-15)20-7-4-8-26-2/h5-6,9-12H,4,7-8H2,1-3H3,(H2,20,22,23,25)/b15-9-. The van der Waals surface area contributed by atoms with Crippen LogP contribution in [0.15, 0.2) is 41.4 Å². The second-order valence-electron chi connectivity index (χ2n) is 6.07. The second kappa shape index (κ2) is 8.50. The van der Waals surface area contributed by atoms with E-state index in [0.717, 1.165) is 23.4 Å². The molecule has 1 amide bonds. The highest BCUT2D eigenvalue weighted by Crippen LogP contribution is 2.25. The van der Waals surface area contributed by atoms with Crippen LogP contribution >= 0.6 is 0 Å². The van der Waals surface area contributed by atoms with Gasteiger partial charge >= 0.3 is 0 Å². The minimum Gasteiger partial charge on any atom is -0.495 e. The van der Waals surface area contributed by atoms with Crippen molar-refractivity contribution in [3.05, 3.63) is 47.7 Å². The monoisotopic (exact) mass is 369 g/mol. The number of carbonyl (C=O) groups is 1. The number of hydrogen-bond acceptors (Lipinski definition) is 5. The van der Waals surface area contributed by atoms with Crippen molar-refractivity contribution in [1.82, 2.24) is 20.2 Å². The van der Waals surface area contributed by atoms with Gasteiger partial charge in [-0.3, -0.25) is 15.1 Å². The first-order valence-electron chi connectivity index (χ1n) is 8.63. The van der Waals surface area contributed by atoms with Gasteiger partial charge in [0, 0.05) is 26.5 Å². The summed E-state index contributed by atoms with van der Waals surface area (Å²) in [5.41, 5.74) is 3.08. The van der Waals surface area contributed by atoms with E-state index in [-0.39, 0.29) is 5.91 Å². The summed E-state index contributed by atoms with van der Waals surface area (Å²) in [5, 5.41) is 5.72. The number of hydrogen-bond donors (Lipinski definition) is 2. The molecule has 2 N–H and O–H groups in total. The predicted molar refractivity (Wildman–Crippen MR) is 103 cm³/mol. The van der Waals surface area contributed by atoms with E-state index in [4.69, 9.17) is 9.47 Å². The van der Waals surface area contributed by atoms with Gasteiger partial charge in [-0.2, -0.15) is 0 Å². The molecule has 1 saturated heterocycles. The maximum Gasteiger partial charge on any atom is 0.274 e. The van der Waals surface area contributed by atoms with Crippen molar-refractivity contribution in [3.8, 4) is 11.4 Å². The Morgan fingerprint density at radius 1 is 1.30 bits per heavy atom. The summed E-state index contributed by atoms with van der Waals surface area (Å²) in [6.45, 7) is 3.15. The minimum absolute atomic E-state index is 0.214. The van der Waals surface area contributed by atoms with E-state index in [1.54, 1.807) is 26.6 Å². The van der Waals surface area contributed by atoms with Gasteiger partial charge in [0.05, 0.1) is 24.8 Å². The first kappa shape index (κ1) is 18.7. The number of imidazole rings is 1. The third kappa shape index (κ3) is 4.53. The third-order valence-electron chi connectivity index (χ3n) is 4.01. The molecule has 0 unspecified atom stereocenters. The Hall–Kier alpha value is -3.13. The number of nitrogens with one attached hydrogen (secondary N) is 2. The van der Waals surface area contributed by atoms with Crippen LogP contribution in [0.5, 0.6) is 5.75 Å². The fourth-order valence-electron chi connectivity index (χ4n) is 2.69. The first-order chi connectivity index (χ1) is 13.1. The van der Waals surface area contributed by atoms with E-state index in [1.165, 1.54) is 0 Å².